The van der Waals surface area contributed by atoms with Crippen molar-refractivity contribution in [1.29, 1.82) is 0 Å². The number of hydrogen-bond donors (Lipinski definition) is 0. The third-order valence-corrected chi connectivity index (χ3v) is 4.98. The molecule has 22 heavy (non-hydrogen) atoms. The fraction of sp³-hybridized carbons (Fsp3) is 0.500. The summed E-state index contributed by atoms with van der Waals surface area (Å²) in [4.78, 5) is 28.7. The number of ether oxygens (including phenoxy) is 1. The van der Waals surface area contributed by atoms with Crippen molar-refractivity contribution in [2.45, 2.75) is 31.9 Å². The van der Waals surface area contributed by atoms with Gasteiger partial charge in [-0.3, -0.25) is 4.79 Å². The lowest BCUT2D eigenvalue weighted by atomic mass is 10.0. The molecule has 3 rings (SSSR count). The van der Waals surface area contributed by atoms with Gasteiger partial charge in [-0.1, -0.05) is 6.07 Å². The van der Waals surface area contributed by atoms with E-state index >= 15 is 0 Å². The Balaban J connectivity index is 1.51. The molecule has 2 aliphatic heterocycles. The number of cyclic esters (lactones) is 1. The molecule has 0 saturated carbocycles. The normalized spacial score (nSPS) is 23.3. The molecule has 2 aliphatic rings. The van der Waals surface area contributed by atoms with Gasteiger partial charge in [0.1, 0.15) is 6.10 Å². The number of thiophene rings is 1. The SMILES string of the molecule is CC1CN(C2CCN(C(=O)C=Cc3cccs3)CC2)C(=O)O1. The van der Waals surface area contributed by atoms with E-state index in [9.17, 15) is 9.59 Å². The van der Waals surface area contributed by atoms with E-state index in [1.807, 2.05) is 40.3 Å². The first-order valence-corrected chi connectivity index (χ1v) is 8.49. The van der Waals surface area contributed by atoms with Crippen LogP contribution < -0.4 is 0 Å². The molecule has 6 heteroatoms. The van der Waals surface area contributed by atoms with Crippen molar-refractivity contribution in [2.75, 3.05) is 19.6 Å². The number of likely N-dealkylation sites (tertiary alicyclic amines) is 1. The third kappa shape index (κ3) is 3.32. The highest BCUT2D eigenvalue weighted by molar-refractivity contribution is 7.10. The van der Waals surface area contributed by atoms with Gasteiger partial charge in [0, 0.05) is 30.1 Å². The summed E-state index contributed by atoms with van der Waals surface area (Å²) in [6, 6.07) is 4.15. The minimum atomic E-state index is -0.213. The second-order valence-corrected chi connectivity index (χ2v) is 6.73. The van der Waals surface area contributed by atoms with Gasteiger partial charge in [-0.25, -0.2) is 4.79 Å². The highest BCUT2D eigenvalue weighted by Crippen LogP contribution is 2.22. The molecule has 5 nitrogen and oxygen atoms in total. The zero-order valence-corrected chi connectivity index (χ0v) is 13.4. The molecule has 1 aromatic heterocycles. The van der Waals surface area contributed by atoms with Crippen LogP contribution in [0, 0.1) is 0 Å². The van der Waals surface area contributed by atoms with Crippen LogP contribution in [0.1, 0.15) is 24.6 Å². The quantitative estimate of drug-likeness (QED) is 0.804. The average molecular weight is 320 g/mol. The van der Waals surface area contributed by atoms with Crippen molar-refractivity contribution in [1.82, 2.24) is 9.80 Å². The minimum absolute atomic E-state index is 0.0270. The summed E-state index contributed by atoms with van der Waals surface area (Å²) in [5.41, 5.74) is 0. The fourth-order valence-electron chi connectivity index (χ4n) is 2.97. The zero-order valence-electron chi connectivity index (χ0n) is 12.6. The maximum Gasteiger partial charge on any atom is 0.410 e. The van der Waals surface area contributed by atoms with Gasteiger partial charge in [0.15, 0.2) is 0 Å². The first-order chi connectivity index (χ1) is 10.6. The van der Waals surface area contributed by atoms with E-state index in [1.54, 1.807) is 17.4 Å². The first-order valence-electron chi connectivity index (χ1n) is 7.61. The molecule has 3 heterocycles. The van der Waals surface area contributed by atoms with Gasteiger partial charge < -0.3 is 14.5 Å². The monoisotopic (exact) mass is 320 g/mol. The molecular formula is C16H20N2O3S. The maximum atomic E-state index is 12.2. The Hall–Kier alpha value is -1.82. The Morgan fingerprint density at radius 3 is 2.77 bits per heavy atom. The van der Waals surface area contributed by atoms with Gasteiger partial charge in [0.25, 0.3) is 0 Å². The fourth-order valence-corrected chi connectivity index (χ4v) is 3.59. The second kappa shape index (κ2) is 6.52. The van der Waals surface area contributed by atoms with Crippen molar-refractivity contribution < 1.29 is 14.3 Å². The van der Waals surface area contributed by atoms with Crippen molar-refractivity contribution in [2.24, 2.45) is 0 Å². The highest BCUT2D eigenvalue weighted by atomic mass is 32.1. The van der Waals surface area contributed by atoms with Crippen LogP contribution in [0.4, 0.5) is 4.79 Å². The Bertz CT molecular complexity index is 562. The Morgan fingerprint density at radius 2 is 2.18 bits per heavy atom. The maximum absolute atomic E-state index is 12.2. The predicted octanol–water partition coefficient (Wildman–Crippen LogP) is 2.59. The molecule has 0 N–H and O–H groups in total. The molecule has 2 amide bonds. The largest absolute Gasteiger partial charge is 0.444 e. The molecule has 2 fully saturated rings. The van der Waals surface area contributed by atoms with E-state index in [1.165, 1.54) is 0 Å². The molecule has 0 aromatic carbocycles. The number of carbonyl (C=O) groups excluding carboxylic acids is 2. The van der Waals surface area contributed by atoms with Crippen molar-refractivity contribution in [3.8, 4) is 0 Å². The molecule has 0 aliphatic carbocycles. The van der Waals surface area contributed by atoms with Crippen molar-refractivity contribution in [3.05, 3.63) is 28.5 Å². The van der Waals surface area contributed by atoms with Crippen LogP contribution in [0.2, 0.25) is 0 Å². The predicted molar refractivity (Wildman–Crippen MR) is 85.6 cm³/mol. The summed E-state index contributed by atoms with van der Waals surface area (Å²) in [5, 5.41) is 1.99. The molecule has 1 atom stereocenters. The lowest BCUT2D eigenvalue weighted by Crippen LogP contribution is -2.46. The van der Waals surface area contributed by atoms with E-state index in [0.717, 1.165) is 17.7 Å². The molecule has 2 saturated heterocycles. The standard InChI is InChI=1S/C16H20N2O3S/c1-12-11-18(16(20)21-12)13-6-8-17(9-7-13)15(19)5-4-14-3-2-10-22-14/h2-5,10,12-13H,6-9,11H2,1H3. The number of nitrogens with zero attached hydrogens (tertiary/aromatic N) is 2. The summed E-state index contributed by atoms with van der Waals surface area (Å²) >= 11 is 1.61. The van der Waals surface area contributed by atoms with Crippen LogP contribution >= 0.6 is 11.3 Å². The van der Waals surface area contributed by atoms with E-state index in [-0.39, 0.29) is 24.1 Å². The molecular weight excluding hydrogens is 300 g/mol. The summed E-state index contributed by atoms with van der Waals surface area (Å²) in [7, 11) is 0. The molecule has 0 radical (unpaired) electrons. The smallest absolute Gasteiger partial charge is 0.410 e. The molecule has 118 valence electrons. The Kier molecular flexibility index (Phi) is 4.47. The van der Waals surface area contributed by atoms with Gasteiger partial charge in [-0.15, -0.1) is 11.3 Å². The average Bonchev–Trinajstić information content (AvgIpc) is 3.14. The number of rotatable bonds is 3. The number of amides is 2. The Morgan fingerprint density at radius 1 is 1.41 bits per heavy atom. The van der Waals surface area contributed by atoms with Crippen LogP contribution in [0.3, 0.4) is 0 Å². The van der Waals surface area contributed by atoms with E-state index in [0.29, 0.717) is 19.6 Å². The lowest BCUT2D eigenvalue weighted by molar-refractivity contribution is -0.127. The summed E-state index contributed by atoms with van der Waals surface area (Å²) in [5.74, 6) is 0.0456. The lowest BCUT2D eigenvalue weighted by Gasteiger charge is -2.35. The minimum Gasteiger partial charge on any atom is -0.444 e. The third-order valence-electron chi connectivity index (χ3n) is 4.14. The number of piperidine rings is 1. The van der Waals surface area contributed by atoms with Gasteiger partial charge in [-0.2, -0.15) is 0 Å². The summed E-state index contributed by atoms with van der Waals surface area (Å²) in [6.45, 7) is 3.95. The number of hydrogen-bond acceptors (Lipinski definition) is 4. The molecule has 1 unspecified atom stereocenters. The van der Waals surface area contributed by atoms with Crippen LogP contribution in [0.25, 0.3) is 6.08 Å². The highest BCUT2D eigenvalue weighted by Gasteiger charge is 2.35. The topological polar surface area (TPSA) is 49.9 Å². The molecule has 0 bridgehead atoms. The van der Waals surface area contributed by atoms with E-state index < -0.39 is 0 Å². The zero-order chi connectivity index (χ0) is 15.5. The summed E-state index contributed by atoms with van der Waals surface area (Å²) < 4.78 is 5.18. The molecule has 0 spiro atoms. The van der Waals surface area contributed by atoms with Gasteiger partial charge in [0.05, 0.1) is 6.54 Å². The first kappa shape index (κ1) is 15.1. The van der Waals surface area contributed by atoms with Crippen LogP contribution in [-0.2, 0) is 9.53 Å². The second-order valence-electron chi connectivity index (χ2n) is 5.75. The van der Waals surface area contributed by atoms with Crippen molar-refractivity contribution >= 4 is 29.4 Å². The van der Waals surface area contributed by atoms with E-state index in [4.69, 9.17) is 4.74 Å². The summed E-state index contributed by atoms with van der Waals surface area (Å²) in [6.07, 6.45) is 4.90. The van der Waals surface area contributed by atoms with Crippen LogP contribution in [-0.4, -0.2) is 53.6 Å². The van der Waals surface area contributed by atoms with Crippen LogP contribution in [0.5, 0.6) is 0 Å². The van der Waals surface area contributed by atoms with E-state index in [2.05, 4.69) is 0 Å². The Labute approximate surface area is 134 Å². The van der Waals surface area contributed by atoms with Gasteiger partial charge >= 0.3 is 6.09 Å². The van der Waals surface area contributed by atoms with Crippen molar-refractivity contribution in [3.63, 3.8) is 0 Å². The van der Waals surface area contributed by atoms with Gasteiger partial charge in [0.2, 0.25) is 5.91 Å². The number of carbonyl (C=O) groups is 2. The molecule has 1 aromatic rings. The van der Waals surface area contributed by atoms with Gasteiger partial charge in [-0.05, 0) is 37.3 Å². The van der Waals surface area contributed by atoms with Crippen LogP contribution in [0.15, 0.2) is 23.6 Å².